The van der Waals surface area contributed by atoms with Crippen molar-refractivity contribution in [3.05, 3.63) is 35.9 Å². The molecule has 0 spiro atoms. The van der Waals surface area contributed by atoms with E-state index >= 15 is 0 Å². The molecule has 0 saturated carbocycles. The van der Waals surface area contributed by atoms with Crippen molar-refractivity contribution in [2.45, 2.75) is 32.0 Å². The van der Waals surface area contributed by atoms with Crippen molar-refractivity contribution in [1.29, 1.82) is 0 Å². The summed E-state index contributed by atoms with van der Waals surface area (Å²) in [7, 11) is 1.81. The predicted octanol–water partition coefficient (Wildman–Crippen LogP) is 0.194. The van der Waals surface area contributed by atoms with E-state index in [2.05, 4.69) is 24.8 Å². The normalized spacial score (nSPS) is 21.1. The highest BCUT2D eigenvalue weighted by molar-refractivity contribution is 5.90. The molecule has 0 radical (unpaired) electrons. The Bertz CT molecular complexity index is 746. The van der Waals surface area contributed by atoms with Crippen molar-refractivity contribution in [2.75, 3.05) is 26.3 Å². The van der Waals surface area contributed by atoms with E-state index in [1.807, 2.05) is 13.2 Å². The minimum absolute atomic E-state index is 0.165. The van der Waals surface area contributed by atoms with Gasteiger partial charge in [-0.15, -0.1) is 0 Å². The summed E-state index contributed by atoms with van der Waals surface area (Å²) in [6.07, 6.45) is 7.32. The predicted molar refractivity (Wildman–Crippen MR) is 91.1 cm³/mol. The largest absolute Gasteiger partial charge is 0.380 e. The van der Waals surface area contributed by atoms with Gasteiger partial charge in [-0.25, -0.2) is 9.97 Å². The SMILES string of the molecule is Cn1ccnc1C(=O)NCc1cnc2n1CCN([C@H]1CCOC1)CC2. The molecule has 0 unspecified atom stereocenters. The molecule has 4 heterocycles. The van der Waals surface area contributed by atoms with E-state index in [1.165, 1.54) is 0 Å². The van der Waals surface area contributed by atoms with E-state index in [4.69, 9.17) is 4.74 Å². The molecule has 0 bridgehead atoms. The first kappa shape index (κ1) is 16.3. The van der Waals surface area contributed by atoms with Gasteiger partial charge < -0.3 is 19.2 Å². The number of ether oxygens (including phenoxy) is 1. The van der Waals surface area contributed by atoms with Crippen LogP contribution in [0.3, 0.4) is 0 Å². The number of nitrogens with zero attached hydrogens (tertiary/aromatic N) is 5. The Hall–Kier alpha value is -2.19. The topological polar surface area (TPSA) is 77.2 Å². The molecule has 134 valence electrons. The van der Waals surface area contributed by atoms with Crippen LogP contribution in [0.1, 0.15) is 28.6 Å². The molecule has 2 aromatic heterocycles. The summed E-state index contributed by atoms with van der Waals surface area (Å²) in [4.78, 5) is 23.4. The fourth-order valence-corrected chi connectivity index (χ4v) is 3.66. The second kappa shape index (κ2) is 6.97. The van der Waals surface area contributed by atoms with Crippen LogP contribution >= 0.6 is 0 Å². The zero-order valence-corrected chi connectivity index (χ0v) is 14.5. The monoisotopic (exact) mass is 344 g/mol. The molecule has 0 aliphatic carbocycles. The maximum absolute atomic E-state index is 12.2. The highest BCUT2D eigenvalue weighted by Gasteiger charge is 2.26. The molecule has 8 heteroatoms. The Balaban J connectivity index is 1.40. The Morgan fingerprint density at radius 1 is 1.36 bits per heavy atom. The number of aromatic nitrogens is 4. The van der Waals surface area contributed by atoms with E-state index in [0.717, 1.165) is 57.2 Å². The van der Waals surface area contributed by atoms with E-state index < -0.39 is 0 Å². The van der Waals surface area contributed by atoms with Crippen LogP contribution in [0.4, 0.5) is 0 Å². The molecule has 4 rings (SSSR count). The molecule has 1 atom stereocenters. The molecule has 2 aliphatic heterocycles. The van der Waals surface area contributed by atoms with Gasteiger partial charge >= 0.3 is 0 Å². The number of carbonyl (C=O) groups is 1. The van der Waals surface area contributed by atoms with Crippen molar-refractivity contribution in [3.63, 3.8) is 0 Å². The first-order valence-electron chi connectivity index (χ1n) is 8.83. The Morgan fingerprint density at radius 3 is 3.04 bits per heavy atom. The maximum atomic E-state index is 12.2. The zero-order chi connectivity index (χ0) is 17.2. The van der Waals surface area contributed by atoms with Gasteiger partial charge in [0.25, 0.3) is 5.91 Å². The second-order valence-corrected chi connectivity index (χ2v) is 6.67. The molecule has 2 aromatic rings. The number of hydrogen-bond acceptors (Lipinski definition) is 5. The third-order valence-corrected chi connectivity index (χ3v) is 5.13. The molecule has 1 amide bonds. The lowest BCUT2D eigenvalue weighted by Crippen LogP contribution is -2.37. The third-order valence-electron chi connectivity index (χ3n) is 5.13. The smallest absolute Gasteiger partial charge is 0.287 e. The fourth-order valence-electron chi connectivity index (χ4n) is 3.66. The average molecular weight is 344 g/mol. The highest BCUT2D eigenvalue weighted by atomic mass is 16.5. The zero-order valence-electron chi connectivity index (χ0n) is 14.5. The summed E-state index contributed by atoms with van der Waals surface area (Å²) < 4.78 is 9.48. The van der Waals surface area contributed by atoms with Gasteiger partial charge in [-0.3, -0.25) is 9.69 Å². The van der Waals surface area contributed by atoms with Crippen LogP contribution in [-0.2, 0) is 31.3 Å². The average Bonchev–Trinajstić information content (AvgIpc) is 3.33. The van der Waals surface area contributed by atoms with Crippen molar-refractivity contribution < 1.29 is 9.53 Å². The summed E-state index contributed by atoms with van der Waals surface area (Å²) in [6, 6.07) is 0.538. The van der Waals surface area contributed by atoms with Crippen molar-refractivity contribution >= 4 is 5.91 Å². The van der Waals surface area contributed by atoms with Crippen LogP contribution in [0.15, 0.2) is 18.6 Å². The van der Waals surface area contributed by atoms with Crippen molar-refractivity contribution in [1.82, 2.24) is 29.3 Å². The maximum Gasteiger partial charge on any atom is 0.287 e. The molecule has 0 aromatic carbocycles. The molecule has 2 aliphatic rings. The molecule has 1 fully saturated rings. The number of rotatable bonds is 4. The van der Waals surface area contributed by atoms with Crippen LogP contribution in [0.25, 0.3) is 0 Å². The number of aryl methyl sites for hydroxylation is 1. The summed E-state index contributed by atoms with van der Waals surface area (Å²) in [5.41, 5.74) is 1.04. The van der Waals surface area contributed by atoms with Gasteiger partial charge in [0.2, 0.25) is 0 Å². The summed E-state index contributed by atoms with van der Waals surface area (Å²) >= 11 is 0. The van der Waals surface area contributed by atoms with Gasteiger partial charge in [0.15, 0.2) is 5.82 Å². The summed E-state index contributed by atoms with van der Waals surface area (Å²) in [5, 5.41) is 2.95. The van der Waals surface area contributed by atoms with Gasteiger partial charge in [-0.1, -0.05) is 0 Å². The number of carbonyl (C=O) groups excluding carboxylic acids is 1. The van der Waals surface area contributed by atoms with Crippen LogP contribution in [-0.4, -0.2) is 62.3 Å². The van der Waals surface area contributed by atoms with Gasteiger partial charge in [0.05, 0.1) is 25.0 Å². The minimum Gasteiger partial charge on any atom is -0.380 e. The first-order chi connectivity index (χ1) is 12.2. The minimum atomic E-state index is -0.165. The molecular weight excluding hydrogens is 320 g/mol. The number of amides is 1. The van der Waals surface area contributed by atoms with E-state index in [-0.39, 0.29) is 5.91 Å². The molecule has 25 heavy (non-hydrogen) atoms. The van der Waals surface area contributed by atoms with Crippen molar-refractivity contribution in [2.24, 2.45) is 7.05 Å². The number of nitrogens with one attached hydrogen (secondary N) is 1. The van der Waals surface area contributed by atoms with Crippen LogP contribution in [0.5, 0.6) is 0 Å². The number of imidazole rings is 2. The lowest BCUT2D eigenvalue weighted by atomic mass is 10.2. The summed E-state index contributed by atoms with van der Waals surface area (Å²) in [6.45, 7) is 5.09. The number of fused-ring (bicyclic) bond motifs is 1. The molecular formula is C17H24N6O2. The second-order valence-electron chi connectivity index (χ2n) is 6.67. The van der Waals surface area contributed by atoms with E-state index in [0.29, 0.717) is 18.4 Å². The third kappa shape index (κ3) is 3.32. The van der Waals surface area contributed by atoms with Gasteiger partial charge in [0.1, 0.15) is 5.82 Å². The van der Waals surface area contributed by atoms with Gasteiger partial charge in [-0.2, -0.15) is 0 Å². The molecule has 1 saturated heterocycles. The van der Waals surface area contributed by atoms with Crippen LogP contribution in [0, 0.1) is 0 Å². The quantitative estimate of drug-likeness (QED) is 0.857. The van der Waals surface area contributed by atoms with Crippen LogP contribution in [0.2, 0.25) is 0 Å². The van der Waals surface area contributed by atoms with E-state index in [9.17, 15) is 4.79 Å². The molecule has 1 N–H and O–H groups in total. The fraction of sp³-hybridized carbons (Fsp3) is 0.588. The molecule has 8 nitrogen and oxygen atoms in total. The lowest BCUT2D eigenvalue weighted by Gasteiger charge is -2.25. The van der Waals surface area contributed by atoms with Crippen molar-refractivity contribution in [3.8, 4) is 0 Å². The Labute approximate surface area is 146 Å². The first-order valence-corrected chi connectivity index (χ1v) is 8.83. The lowest BCUT2D eigenvalue weighted by molar-refractivity contribution is 0.0936. The van der Waals surface area contributed by atoms with Crippen LogP contribution < -0.4 is 5.32 Å². The van der Waals surface area contributed by atoms with E-state index in [1.54, 1.807) is 17.0 Å². The Morgan fingerprint density at radius 2 is 2.28 bits per heavy atom. The van der Waals surface area contributed by atoms with Gasteiger partial charge in [-0.05, 0) is 6.42 Å². The standard InChI is InChI=1S/C17H24N6O2/c1-21-6-4-18-16(21)17(24)20-11-14-10-19-15-2-5-22(7-8-23(14)15)13-3-9-25-12-13/h4,6,10,13H,2-3,5,7-9,11-12H2,1H3,(H,20,24)/t13-/m0/s1. The highest BCUT2D eigenvalue weighted by Crippen LogP contribution is 2.17. The Kier molecular flexibility index (Phi) is 4.54. The number of hydrogen-bond donors (Lipinski definition) is 1. The van der Waals surface area contributed by atoms with Gasteiger partial charge in [0, 0.05) is 58.1 Å². The summed E-state index contributed by atoms with van der Waals surface area (Å²) in [5.74, 6) is 1.35.